The number of ether oxygens (including phenoxy) is 1. The summed E-state index contributed by atoms with van der Waals surface area (Å²) >= 11 is 0. The number of rotatable bonds is 6. The van der Waals surface area contributed by atoms with Crippen LogP contribution in [0.25, 0.3) is 0 Å². The fraction of sp³-hybridized carbons (Fsp3) is 0.667. The maximum atomic E-state index is 11.5. The lowest BCUT2D eigenvalue weighted by atomic mass is 9.94. The molecule has 0 saturated carbocycles. The lowest BCUT2D eigenvalue weighted by molar-refractivity contribution is -0.144. The first-order valence-corrected chi connectivity index (χ1v) is 5.76. The molecule has 4 nitrogen and oxygen atoms in total. The molecule has 1 N–H and O–H groups in total. The summed E-state index contributed by atoms with van der Waals surface area (Å²) in [6.07, 6.45) is 4.58. The summed E-state index contributed by atoms with van der Waals surface area (Å²) in [5, 5.41) is 0. The summed E-state index contributed by atoms with van der Waals surface area (Å²) in [5.74, 6) is 0.801. The van der Waals surface area contributed by atoms with Crippen LogP contribution in [0.1, 0.15) is 32.9 Å². The van der Waals surface area contributed by atoms with E-state index in [2.05, 4.69) is 30.7 Å². The summed E-state index contributed by atoms with van der Waals surface area (Å²) in [4.78, 5) is 18.2. The second-order valence-corrected chi connectivity index (χ2v) is 4.30. The van der Waals surface area contributed by atoms with E-state index in [-0.39, 0.29) is 12.4 Å². The average Bonchev–Trinajstić information content (AvgIpc) is 2.77. The third-order valence-electron chi connectivity index (χ3n) is 3.01. The van der Waals surface area contributed by atoms with E-state index < -0.39 is 0 Å². The number of hydrogen-bond acceptors (Lipinski definition) is 3. The van der Waals surface area contributed by atoms with Crippen LogP contribution in [0.4, 0.5) is 0 Å². The van der Waals surface area contributed by atoms with Gasteiger partial charge in [-0.25, -0.2) is 4.98 Å². The molecule has 1 heterocycles. The molecule has 1 aromatic heterocycles. The van der Waals surface area contributed by atoms with Crippen molar-refractivity contribution in [2.45, 2.75) is 33.6 Å². The number of nitrogens with one attached hydrogen (secondary N) is 1. The maximum absolute atomic E-state index is 11.5. The number of carbonyl (C=O) groups excluding carboxylic acids is 1. The Hall–Kier alpha value is -1.32. The van der Waals surface area contributed by atoms with E-state index >= 15 is 0 Å². The molecule has 16 heavy (non-hydrogen) atoms. The highest BCUT2D eigenvalue weighted by Gasteiger charge is 2.13. The number of imidazole rings is 1. The van der Waals surface area contributed by atoms with Gasteiger partial charge in [-0.05, 0) is 11.8 Å². The Balaban J connectivity index is 2.25. The minimum absolute atomic E-state index is 0.195. The highest BCUT2D eigenvalue weighted by molar-refractivity contribution is 5.71. The zero-order chi connectivity index (χ0) is 12.0. The van der Waals surface area contributed by atoms with Crippen molar-refractivity contribution >= 4 is 5.97 Å². The van der Waals surface area contributed by atoms with E-state index in [0.717, 1.165) is 12.1 Å². The summed E-state index contributed by atoms with van der Waals surface area (Å²) in [6, 6.07) is 0. The Bertz CT molecular complexity index is 309. The molecule has 1 rings (SSSR count). The van der Waals surface area contributed by atoms with Crippen LogP contribution < -0.4 is 0 Å². The summed E-state index contributed by atoms with van der Waals surface area (Å²) < 4.78 is 5.21. The van der Waals surface area contributed by atoms with E-state index in [4.69, 9.17) is 4.74 Å². The molecule has 0 aliphatic rings. The average molecular weight is 224 g/mol. The molecule has 4 heteroatoms. The third-order valence-corrected chi connectivity index (χ3v) is 3.01. The van der Waals surface area contributed by atoms with Crippen LogP contribution in [0.3, 0.4) is 0 Å². The van der Waals surface area contributed by atoms with E-state index in [1.807, 2.05) is 0 Å². The van der Waals surface area contributed by atoms with Gasteiger partial charge >= 0.3 is 5.97 Å². The SMILES string of the molecule is CCC(C)C(C)COC(=O)Cc1cnc[nH]1. The first kappa shape index (κ1) is 12.7. The number of carbonyl (C=O) groups is 1. The largest absolute Gasteiger partial charge is 0.465 e. The Morgan fingerprint density at radius 2 is 2.25 bits per heavy atom. The van der Waals surface area contributed by atoms with Gasteiger partial charge in [0.25, 0.3) is 0 Å². The molecule has 2 unspecified atom stereocenters. The number of aromatic amines is 1. The highest BCUT2D eigenvalue weighted by Crippen LogP contribution is 2.14. The molecular formula is C12H20N2O2. The van der Waals surface area contributed by atoms with E-state index in [1.165, 1.54) is 0 Å². The minimum atomic E-state index is -0.195. The van der Waals surface area contributed by atoms with Gasteiger partial charge in [-0.15, -0.1) is 0 Å². The molecule has 2 atom stereocenters. The van der Waals surface area contributed by atoms with Crippen molar-refractivity contribution in [1.82, 2.24) is 9.97 Å². The fourth-order valence-electron chi connectivity index (χ4n) is 1.38. The zero-order valence-electron chi connectivity index (χ0n) is 10.2. The Labute approximate surface area is 96.4 Å². The number of hydrogen-bond donors (Lipinski definition) is 1. The van der Waals surface area contributed by atoms with Crippen molar-refractivity contribution in [2.75, 3.05) is 6.61 Å². The topological polar surface area (TPSA) is 55.0 Å². The molecule has 0 fully saturated rings. The monoisotopic (exact) mass is 224 g/mol. The van der Waals surface area contributed by atoms with Crippen molar-refractivity contribution in [1.29, 1.82) is 0 Å². The van der Waals surface area contributed by atoms with Crippen LogP contribution in [-0.4, -0.2) is 22.5 Å². The molecule has 90 valence electrons. The molecule has 0 amide bonds. The van der Waals surface area contributed by atoms with E-state index in [1.54, 1.807) is 12.5 Å². The molecule has 0 radical (unpaired) electrons. The van der Waals surface area contributed by atoms with Gasteiger partial charge in [0, 0.05) is 11.9 Å². The summed E-state index contributed by atoms with van der Waals surface area (Å²) in [6.45, 7) is 6.93. The van der Waals surface area contributed by atoms with Gasteiger partial charge in [-0.3, -0.25) is 4.79 Å². The van der Waals surface area contributed by atoms with Crippen LogP contribution in [0.5, 0.6) is 0 Å². The van der Waals surface area contributed by atoms with Crippen molar-refractivity contribution in [3.63, 3.8) is 0 Å². The van der Waals surface area contributed by atoms with Crippen molar-refractivity contribution in [3.05, 3.63) is 18.2 Å². The molecule has 0 aliphatic carbocycles. The van der Waals surface area contributed by atoms with Gasteiger partial charge in [0.1, 0.15) is 0 Å². The van der Waals surface area contributed by atoms with Crippen molar-refractivity contribution in [3.8, 4) is 0 Å². The molecule has 0 aliphatic heterocycles. The van der Waals surface area contributed by atoms with Gasteiger partial charge in [-0.2, -0.15) is 0 Å². The lowest BCUT2D eigenvalue weighted by Gasteiger charge is -2.17. The standard InChI is InChI=1S/C12H20N2O2/c1-4-9(2)10(3)7-16-12(15)5-11-6-13-8-14-11/h6,8-10H,4-5,7H2,1-3H3,(H,13,14). The molecule has 0 bridgehead atoms. The first-order valence-electron chi connectivity index (χ1n) is 5.76. The Morgan fingerprint density at radius 1 is 1.50 bits per heavy atom. The smallest absolute Gasteiger partial charge is 0.311 e. The summed E-state index contributed by atoms with van der Waals surface area (Å²) in [5.41, 5.74) is 0.793. The number of H-pyrrole nitrogens is 1. The van der Waals surface area contributed by atoms with Gasteiger partial charge in [0.2, 0.25) is 0 Å². The number of nitrogens with zero attached hydrogens (tertiary/aromatic N) is 1. The van der Waals surface area contributed by atoms with Crippen LogP contribution in [-0.2, 0) is 16.0 Å². The van der Waals surface area contributed by atoms with Crippen LogP contribution in [0.2, 0.25) is 0 Å². The predicted octanol–water partition coefficient (Wildman–Crippen LogP) is 2.18. The lowest BCUT2D eigenvalue weighted by Crippen LogP contribution is -2.18. The third kappa shape index (κ3) is 4.04. The van der Waals surface area contributed by atoms with Crippen molar-refractivity contribution < 1.29 is 9.53 Å². The Kier molecular flexibility index (Phi) is 5.02. The molecule has 0 aromatic carbocycles. The normalized spacial score (nSPS) is 14.4. The second-order valence-electron chi connectivity index (χ2n) is 4.30. The maximum Gasteiger partial charge on any atom is 0.311 e. The highest BCUT2D eigenvalue weighted by atomic mass is 16.5. The molecule has 0 spiro atoms. The van der Waals surface area contributed by atoms with Gasteiger partial charge in [-0.1, -0.05) is 27.2 Å². The Morgan fingerprint density at radius 3 is 2.81 bits per heavy atom. The quantitative estimate of drug-likeness (QED) is 0.753. The van der Waals surface area contributed by atoms with Crippen LogP contribution in [0.15, 0.2) is 12.5 Å². The van der Waals surface area contributed by atoms with Gasteiger partial charge < -0.3 is 9.72 Å². The fourth-order valence-corrected chi connectivity index (χ4v) is 1.38. The van der Waals surface area contributed by atoms with E-state index in [9.17, 15) is 4.79 Å². The minimum Gasteiger partial charge on any atom is -0.465 e. The van der Waals surface area contributed by atoms with Crippen LogP contribution in [0, 0.1) is 11.8 Å². The van der Waals surface area contributed by atoms with Crippen molar-refractivity contribution in [2.24, 2.45) is 11.8 Å². The molecule has 0 saturated heterocycles. The summed E-state index contributed by atoms with van der Waals surface area (Å²) in [7, 11) is 0. The second kappa shape index (κ2) is 6.30. The number of aromatic nitrogens is 2. The van der Waals surface area contributed by atoms with Gasteiger partial charge in [0.05, 0.1) is 19.4 Å². The molecular weight excluding hydrogens is 204 g/mol. The van der Waals surface area contributed by atoms with E-state index in [0.29, 0.717) is 18.4 Å². The first-order chi connectivity index (χ1) is 7.63. The van der Waals surface area contributed by atoms with Gasteiger partial charge in [0.15, 0.2) is 0 Å². The predicted molar refractivity (Wildman–Crippen MR) is 61.9 cm³/mol. The van der Waals surface area contributed by atoms with Crippen LogP contribution >= 0.6 is 0 Å². The molecule has 1 aromatic rings. The zero-order valence-corrected chi connectivity index (χ0v) is 10.2. The number of esters is 1.